The molecule has 1 aliphatic carbocycles. The molecule has 1 aromatic heterocycles. The van der Waals surface area contributed by atoms with Crippen LogP contribution in [0.3, 0.4) is 0 Å². The second kappa shape index (κ2) is 8.77. The Labute approximate surface area is 148 Å². The van der Waals surface area contributed by atoms with Gasteiger partial charge in [0, 0.05) is 25.0 Å². The first kappa shape index (κ1) is 19.1. The Balaban J connectivity index is 1.94. The van der Waals surface area contributed by atoms with Crippen LogP contribution in [0.15, 0.2) is 4.99 Å². The number of nitrogens with one attached hydrogen (secondary N) is 2. The highest BCUT2D eigenvalue weighted by atomic mass is 32.2. The van der Waals surface area contributed by atoms with Crippen molar-refractivity contribution < 1.29 is 8.42 Å². The maximum Gasteiger partial charge on any atom is 0.208 e. The van der Waals surface area contributed by atoms with E-state index in [0.29, 0.717) is 19.6 Å². The molecule has 1 heterocycles. The third-order valence-electron chi connectivity index (χ3n) is 3.70. The first-order valence-corrected chi connectivity index (χ1v) is 11.0. The lowest BCUT2D eigenvalue weighted by Crippen LogP contribution is -2.39. The van der Waals surface area contributed by atoms with Crippen LogP contribution >= 0.6 is 11.3 Å². The van der Waals surface area contributed by atoms with Crippen molar-refractivity contribution in [1.82, 2.24) is 19.9 Å². The largest absolute Gasteiger partial charge is 0.357 e. The van der Waals surface area contributed by atoms with E-state index in [1.54, 1.807) is 11.3 Å². The quantitative estimate of drug-likeness (QED) is 0.422. The molecule has 9 heteroatoms. The molecular formula is C15H27N5O2S2. The molecule has 136 valence electrons. The van der Waals surface area contributed by atoms with Gasteiger partial charge in [-0.1, -0.05) is 0 Å². The minimum atomic E-state index is -3.17. The van der Waals surface area contributed by atoms with Gasteiger partial charge in [-0.3, -0.25) is 4.99 Å². The van der Waals surface area contributed by atoms with Crippen molar-refractivity contribution in [3.05, 3.63) is 15.6 Å². The average molecular weight is 374 g/mol. The van der Waals surface area contributed by atoms with E-state index in [4.69, 9.17) is 4.98 Å². The number of fused-ring (bicyclic) bond motifs is 1. The van der Waals surface area contributed by atoms with Gasteiger partial charge < -0.3 is 10.2 Å². The molecule has 0 atom stereocenters. The van der Waals surface area contributed by atoms with Crippen LogP contribution in [-0.4, -0.2) is 57.2 Å². The fourth-order valence-corrected chi connectivity index (χ4v) is 4.29. The lowest BCUT2D eigenvalue weighted by Gasteiger charge is -2.21. The van der Waals surface area contributed by atoms with Gasteiger partial charge in [0.25, 0.3) is 0 Å². The average Bonchev–Trinajstić information content (AvgIpc) is 2.91. The molecule has 0 fully saturated rings. The van der Waals surface area contributed by atoms with E-state index in [-0.39, 0.29) is 0 Å². The predicted molar refractivity (Wildman–Crippen MR) is 99.0 cm³/mol. The maximum atomic E-state index is 11.1. The van der Waals surface area contributed by atoms with Gasteiger partial charge in [0.1, 0.15) is 5.01 Å². The lowest BCUT2D eigenvalue weighted by molar-refractivity contribution is 0.474. The summed E-state index contributed by atoms with van der Waals surface area (Å²) < 4.78 is 24.6. The number of sulfonamides is 1. The highest BCUT2D eigenvalue weighted by Gasteiger charge is 2.16. The van der Waals surface area contributed by atoms with Crippen LogP contribution in [0.5, 0.6) is 0 Å². The molecule has 2 N–H and O–H groups in total. The molecule has 1 aromatic rings. The van der Waals surface area contributed by atoms with Crippen LogP contribution in [0.1, 0.15) is 35.3 Å². The highest BCUT2D eigenvalue weighted by Crippen LogP contribution is 2.27. The number of thiazole rings is 1. The van der Waals surface area contributed by atoms with Crippen molar-refractivity contribution in [2.24, 2.45) is 4.99 Å². The zero-order valence-electron chi connectivity index (χ0n) is 14.6. The second-order valence-electron chi connectivity index (χ2n) is 5.94. The Hall–Kier alpha value is -1.19. The van der Waals surface area contributed by atoms with Crippen LogP contribution in [0.4, 0.5) is 0 Å². The van der Waals surface area contributed by atoms with Crippen LogP contribution in [0.25, 0.3) is 0 Å². The molecule has 0 saturated carbocycles. The van der Waals surface area contributed by atoms with Gasteiger partial charge in [-0.05, 0) is 32.6 Å². The number of aliphatic imine (C=N–C) groups is 1. The molecular weight excluding hydrogens is 346 g/mol. The van der Waals surface area contributed by atoms with E-state index in [1.165, 1.54) is 23.4 Å². The van der Waals surface area contributed by atoms with Gasteiger partial charge in [0.2, 0.25) is 10.0 Å². The number of nitrogens with zero attached hydrogens (tertiary/aromatic N) is 3. The zero-order chi connectivity index (χ0) is 17.6. The van der Waals surface area contributed by atoms with Crippen molar-refractivity contribution in [1.29, 1.82) is 0 Å². The van der Waals surface area contributed by atoms with Gasteiger partial charge in [0.05, 0.1) is 25.0 Å². The van der Waals surface area contributed by atoms with Gasteiger partial charge in [-0.15, -0.1) is 11.3 Å². The number of hydrogen-bond donors (Lipinski definition) is 2. The van der Waals surface area contributed by atoms with E-state index >= 15 is 0 Å². The number of hydrogen-bond acceptors (Lipinski definition) is 5. The van der Waals surface area contributed by atoms with Gasteiger partial charge in [0.15, 0.2) is 5.96 Å². The number of rotatable bonds is 7. The molecule has 7 nitrogen and oxygen atoms in total. The van der Waals surface area contributed by atoms with Gasteiger partial charge in [-0.2, -0.15) is 0 Å². The van der Waals surface area contributed by atoms with E-state index in [0.717, 1.165) is 36.6 Å². The Bertz CT molecular complexity index is 646. The van der Waals surface area contributed by atoms with Crippen molar-refractivity contribution in [3.63, 3.8) is 0 Å². The zero-order valence-corrected chi connectivity index (χ0v) is 16.3. The number of guanidine groups is 1. The molecule has 1 aliphatic rings. The molecule has 0 aliphatic heterocycles. The molecule has 0 amide bonds. The van der Waals surface area contributed by atoms with Crippen LogP contribution in [-0.2, 0) is 29.4 Å². The monoisotopic (exact) mass is 373 g/mol. The summed E-state index contributed by atoms with van der Waals surface area (Å²) in [4.78, 5) is 12.7. The third kappa shape index (κ3) is 6.03. The maximum absolute atomic E-state index is 11.1. The first-order chi connectivity index (χ1) is 11.4. The second-order valence-corrected chi connectivity index (χ2v) is 8.94. The van der Waals surface area contributed by atoms with E-state index in [1.807, 2.05) is 18.9 Å². The molecule has 2 rings (SSSR count). The number of aromatic nitrogens is 1. The van der Waals surface area contributed by atoms with Crippen molar-refractivity contribution in [2.45, 2.75) is 39.2 Å². The van der Waals surface area contributed by atoms with Crippen LogP contribution < -0.4 is 10.0 Å². The summed E-state index contributed by atoms with van der Waals surface area (Å²) in [5.41, 5.74) is 1.27. The normalized spacial score (nSPS) is 15.2. The first-order valence-electron chi connectivity index (χ1n) is 8.30. The summed E-state index contributed by atoms with van der Waals surface area (Å²) in [6.07, 6.45) is 5.91. The standard InChI is InChI=1S/C15H27N5O2S2/c1-4-16-15(17-9-10-18-24(3,21)22)20(2)11-14-19-12-7-5-6-8-13(12)23-14/h18H,4-11H2,1-3H3,(H,16,17). The van der Waals surface area contributed by atoms with Crippen molar-refractivity contribution in [3.8, 4) is 0 Å². The minimum absolute atomic E-state index is 0.299. The molecule has 0 radical (unpaired) electrons. The SMILES string of the molecule is CCNC(=NCCNS(C)(=O)=O)N(C)Cc1nc2c(s1)CCCC2. The summed E-state index contributed by atoms with van der Waals surface area (Å²) in [6, 6.07) is 0. The molecule has 24 heavy (non-hydrogen) atoms. The summed E-state index contributed by atoms with van der Waals surface area (Å²) in [6.45, 7) is 4.18. The summed E-state index contributed by atoms with van der Waals surface area (Å²) in [5.74, 6) is 0.765. The Kier molecular flexibility index (Phi) is 7.00. The topological polar surface area (TPSA) is 86.7 Å². The Morgan fingerprint density at radius 2 is 2.12 bits per heavy atom. The predicted octanol–water partition coefficient (Wildman–Crippen LogP) is 0.968. The lowest BCUT2D eigenvalue weighted by atomic mass is 10.0. The fourth-order valence-electron chi connectivity index (χ4n) is 2.61. The smallest absolute Gasteiger partial charge is 0.208 e. The summed E-state index contributed by atoms with van der Waals surface area (Å²) in [5, 5.41) is 4.35. The van der Waals surface area contributed by atoms with Gasteiger partial charge >= 0.3 is 0 Å². The van der Waals surface area contributed by atoms with Gasteiger partial charge in [-0.25, -0.2) is 18.1 Å². The highest BCUT2D eigenvalue weighted by molar-refractivity contribution is 7.88. The molecule has 0 aromatic carbocycles. The molecule has 0 bridgehead atoms. The fraction of sp³-hybridized carbons (Fsp3) is 0.733. The van der Waals surface area contributed by atoms with Crippen LogP contribution in [0.2, 0.25) is 0 Å². The Morgan fingerprint density at radius 3 is 2.79 bits per heavy atom. The third-order valence-corrected chi connectivity index (χ3v) is 5.57. The minimum Gasteiger partial charge on any atom is -0.357 e. The summed E-state index contributed by atoms with van der Waals surface area (Å²) >= 11 is 1.80. The van der Waals surface area contributed by atoms with E-state index in [9.17, 15) is 8.42 Å². The van der Waals surface area contributed by atoms with Crippen molar-refractivity contribution in [2.75, 3.05) is 32.9 Å². The van der Waals surface area contributed by atoms with E-state index in [2.05, 4.69) is 15.0 Å². The van der Waals surface area contributed by atoms with E-state index < -0.39 is 10.0 Å². The Morgan fingerprint density at radius 1 is 1.38 bits per heavy atom. The number of aryl methyl sites for hydroxylation is 2. The molecule has 0 spiro atoms. The molecule has 0 unspecified atom stereocenters. The van der Waals surface area contributed by atoms with Crippen molar-refractivity contribution >= 4 is 27.3 Å². The molecule has 0 saturated heterocycles. The van der Waals surface area contributed by atoms with Crippen LogP contribution in [0, 0.1) is 0 Å². The summed E-state index contributed by atoms with van der Waals surface area (Å²) in [7, 11) is -1.19.